The molecule has 0 aromatic carbocycles. The summed E-state index contributed by atoms with van der Waals surface area (Å²) in [6.07, 6.45) is 0.00650. The Kier molecular flexibility index (Phi) is 5.86. The highest BCUT2D eigenvalue weighted by Gasteiger charge is 2.23. The van der Waals surface area contributed by atoms with Gasteiger partial charge in [-0.2, -0.15) is 10.2 Å². The largest absolute Gasteiger partial charge is 0.481 e. The lowest BCUT2D eigenvalue weighted by atomic mass is 10.1. The normalized spacial score (nSPS) is 18.2. The molecular weight excluding hydrogens is 240 g/mol. The fourth-order valence-corrected chi connectivity index (χ4v) is 1.05. The number of nitrogens with two attached hydrogens (primary N) is 2. The van der Waals surface area contributed by atoms with Crippen LogP contribution in [0.3, 0.4) is 0 Å². The molecule has 0 aliphatic heterocycles. The van der Waals surface area contributed by atoms with Crippen molar-refractivity contribution in [3.8, 4) is 0 Å². The summed E-state index contributed by atoms with van der Waals surface area (Å²) in [6, 6.07) is 0. The van der Waals surface area contributed by atoms with Gasteiger partial charge in [0.2, 0.25) is 0 Å². The molecule has 0 heterocycles. The molecule has 2 unspecified atom stereocenters. The Morgan fingerprint density at radius 2 is 1.22 bits per heavy atom. The average Bonchev–Trinajstić information content (AvgIpc) is 2.22. The summed E-state index contributed by atoms with van der Waals surface area (Å²) in [6.45, 7) is 3.07. The second-order valence-electron chi connectivity index (χ2n) is 4.70. The third kappa shape index (κ3) is 8.59. The Labute approximate surface area is 105 Å². The molecule has 0 fully saturated rings. The Balaban J connectivity index is 4.40. The summed E-state index contributed by atoms with van der Waals surface area (Å²) in [4.78, 5) is 20.8. The molecule has 8 nitrogen and oxygen atoms in total. The molecule has 0 aromatic rings. The second-order valence-corrected chi connectivity index (χ2v) is 4.70. The number of azo groups is 1. The van der Waals surface area contributed by atoms with E-state index in [1.165, 1.54) is 13.8 Å². The number of rotatable bonds is 8. The molecule has 0 aliphatic rings. The second kappa shape index (κ2) is 6.41. The van der Waals surface area contributed by atoms with Gasteiger partial charge in [-0.15, -0.1) is 0 Å². The zero-order valence-electron chi connectivity index (χ0n) is 10.6. The Bertz CT molecular complexity index is 307. The number of hydrogen-bond donors (Lipinski definition) is 4. The maximum Gasteiger partial charge on any atom is 0.303 e. The minimum Gasteiger partial charge on any atom is -0.481 e. The minimum atomic E-state index is -1.12. The molecule has 0 rings (SSSR count). The van der Waals surface area contributed by atoms with E-state index in [1.54, 1.807) is 0 Å². The predicted molar refractivity (Wildman–Crippen MR) is 63.8 cm³/mol. The number of carboxylic acid groups (broad SMARTS) is 2. The highest BCUT2D eigenvalue weighted by Crippen LogP contribution is 2.16. The van der Waals surface area contributed by atoms with E-state index in [0.717, 1.165) is 0 Å². The van der Waals surface area contributed by atoms with Crippen molar-refractivity contribution in [1.82, 2.24) is 0 Å². The number of hydrogen-bond acceptors (Lipinski definition) is 6. The molecular formula is C10H20N4O4. The van der Waals surface area contributed by atoms with Crippen LogP contribution in [0.2, 0.25) is 0 Å². The van der Waals surface area contributed by atoms with E-state index in [2.05, 4.69) is 10.2 Å². The SMILES string of the molecule is CC(N)(CCC(=O)O)N=NC(C)(N)CCC(=O)O. The lowest BCUT2D eigenvalue weighted by Gasteiger charge is -2.22. The first-order valence-corrected chi connectivity index (χ1v) is 5.49. The molecule has 2 atom stereocenters. The summed E-state index contributed by atoms with van der Waals surface area (Å²) in [5.41, 5.74) is 9.22. The van der Waals surface area contributed by atoms with E-state index in [9.17, 15) is 9.59 Å². The standard InChI is InChI=1S/C10H20N4O4/c1-9(11,5-3-7(15)16)13-14-10(2,12)6-4-8(17)18/h3-6,11-12H2,1-2H3,(H,15,16)(H,17,18). The van der Waals surface area contributed by atoms with Crippen LogP contribution in [0.25, 0.3) is 0 Å². The van der Waals surface area contributed by atoms with Gasteiger partial charge in [0.1, 0.15) is 11.3 Å². The Morgan fingerprint density at radius 1 is 0.944 bits per heavy atom. The minimum absolute atomic E-state index is 0.123. The van der Waals surface area contributed by atoms with Gasteiger partial charge in [0, 0.05) is 12.8 Å². The van der Waals surface area contributed by atoms with Gasteiger partial charge in [0.05, 0.1) is 0 Å². The van der Waals surface area contributed by atoms with Gasteiger partial charge in [-0.05, 0) is 26.7 Å². The summed E-state index contributed by atoms with van der Waals surface area (Å²) in [5.74, 6) is -1.94. The van der Waals surface area contributed by atoms with E-state index in [1.807, 2.05) is 0 Å². The summed E-state index contributed by atoms with van der Waals surface area (Å²) >= 11 is 0. The van der Waals surface area contributed by atoms with Gasteiger partial charge in [-0.3, -0.25) is 9.59 Å². The van der Waals surface area contributed by atoms with Crippen LogP contribution in [0.4, 0.5) is 0 Å². The van der Waals surface area contributed by atoms with Crippen molar-refractivity contribution in [2.24, 2.45) is 21.7 Å². The highest BCUT2D eigenvalue weighted by atomic mass is 16.4. The first-order chi connectivity index (χ1) is 8.04. The van der Waals surface area contributed by atoms with Crippen molar-refractivity contribution in [3.63, 3.8) is 0 Å². The van der Waals surface area contributed by atoms with E-state index in [-0.39, 0.29) is 25.7 Å². The summed E-state index contributed by atoms with van der Waals surface area (Å²) < 4.78 is 0. The maximum absolute atomic E-state index is 10.4. The van der Waals surface area contributed by atoms with Crippen LogP contribution < -0.4 is 11.5 Å². The number of aliphatic carboxylic acids is 2. The topological polar surface area (TPSA) is 151 Å². The van der Waals surface area contributed by atoms with Gasteiger partial charge in [0.15, 0.2) is 0 Å². The lowest BCUT2D eigenvalue weighted by molar-refractivity contribution is -0.138. The zero-order chi connectivity index (χ0) is 14.4. The first-order valence-electron chi connectivity index (χ1n) is 5.49. The average molecular weight is 260 g/mol. The fraction of sp³-hybridized carbons (Fsp3) is 0.800. The van der Waals surface area contributed by atoms with Crippen molar-refractivity contribution in [1.29, 1.82) is 0 Å². The van der Waals surface area contributed by atoms with Crippen LogP contribution in [-0.2, 0) is 9.59 Å². The van der Waals surface area contributed by atoms with Crippen molar-refractivity contribution < 1.29 is 19.8 Å². The molecule has 0 spiro atoms. The van der Waals surface area contributed by atoms with Crippen LogP contribution in [0.1, 0.15) is 39.5 Å². The highest BCUT2D eigenvalue weighted by molar-refractivity contribution is 5.67. The zero-order valence-corrected chi connectivity index (χ0v) is 10.6. The summed E-state index contributed by atoms with van der Waals surface area (Å²) in [7, 11) is 0. The predicted octanol–water partition coefficient (Wildman–Crippen LogP) is 0.518. The van der Waals surface area contributed by atoms with Crippen LogP contribution >= 0.6 is 0 Å². The van der Waals surface area contributed by atoms with Gasteiger partial charge < -0.3 is 21.7 Å². The molecule has 18 heavy (non-hydrogen) atoms. The molecule has 8 heteroatoms. The third-order valence-electron chi connectivity index (χ3n) is 2.20. The van der Waals surface area contributed by atoms with E-state index in [4.69, 9.17) is 21.7 Å². The van der Waals surface area contributed by atoms with Gasteiger partial charge in [-0.1, -0.05) is 0 Å². The molecule has 0 saturated heterocycles. The quantitative estimate of drug-likeness (QED) is 0.467. The van der Waals surface area contributed by atoms with Crippen LogP contribution in [-0.4, -0.2) is 33.5 Å². The molecule has 0 saturated carbocycles. The van der Waals surface area contributed by atoms with Crippen LogP contribution in [0.15, 0.2) is 10.2 Å². The van der Waals surface area contributed by atoms with E-state index < -0.39 is 23.3 Å². The van der Waals surface area contributed by atoms with Gasteiger partial charge >= 0.3 is 11.9 Å². The monoisotopic (exact) mass is 260 g/mol. The molecule has 6 N–H and O–H groups in total. The third-order valence-corrected chi connectivity index (χ3v) is 2.20. The number of nitrogens with zero attached hydrogens (tertiary/aromatic N) is 2. The number of carboxylic acids is 2. The van der Waals surface area contributed by atoms with E-state index in [0.29, 0.717) is 0 Å². The molecule has 0 radical (unpaired) electrons. The molecule has 0 aliphatic carbocycles. The maximum atomic E-state index is 10.4. The first kappa shape index (κ1) is 16.5. The Morgan fingerprint density at radius 3 is 1.44 bits per heavy atom. The smallest absolute Gasteiger partial charge is 0.303 e. The lowest BCUT2D eigenvalue weighted by Crippen LogP contribution is -2.38. The van der Waals surface area contributed by atoms with Gasteiger partial charge in [0.25, 0.3) is 0 Å². The van der Waals surface area contributed by atoms with Crippen LogP contribution in [0.5, 0.6) is 0 Å². The van der Waals surface area contributed by atoms with Crippen molar-refractivity contribution in [3.05, 3.63) is 0 Å². The number of carbonyl (C=O) groups is 2. The molecule has 0 amide bonds. The van der Waals surface area contributed by atoms with Gasteiger partial charge in [-0.25, -0.2) is 0 Å². The van der Waals surface area contributed by atoms with Crippen LogP contribution in [0, 0.1) is 0 Å². The fourth-order valence-electron chi connectivity index (χ4n) is 1.05. The Hall–Kier alpha value is -1.54. The van der Waals surface area contributed by atoms with Crippen molar-refractivity contribution in [2.45, 2.75) is 50.9 Å². The van der Waals surface area contributed by atoms with E-state index >= 15 is 0 Å². The molecule has 104 valence electrons. The summed E-state index contributed by atoms with van der Waals surface area (Å²) in [5, 5.41) is 24.7. The van der Waals surface area contributed by atoms with Crippen molar-refractivity contribution >= 4 is 11.9 Å². The molecule has 0 aromatic heterocycles. The molecule has 0 bridgehead atoms. The van der Waals surface area contributed by atoms with Crippen molar-refractivity contribution in [2.75, 3.05) is 0 Å².